The fourth-order valence-corrected chi connectivity index (χ4v) is 1.74. The number of esters is 1. The number of ether oxygens (including phenoxy) is 1. The summed E-state index contributed by atoms with van der Waals surface area (Å²) in [6.45, 7) is 0.0498. The molecule has 15 heavy (non-hydrogen) atoms. The van der Waals surface area contributed by atoms with Crippen LogP contribution in [0.4, 0.5) is 5.69 Å². The molecule has 1 aromatic rings. The fourth-order valence-electron chi connectivity index (χ4n) is 0.902. The Morgan fingerprint density at radius 3 is 2.73 bits per heavy atom. The fraction of sp³-hybridized carbons (Fsp3) is 0.222. The average Bonchev–Trinajstić information content (AvgIpc) is 2.24. The molecule has 1 N–H and O–H groups in total. The van der Waals surface area contributed by atoms with Crippen LogP contribution in [0.25, 0.3) is 0 Å². The van der Waals surface area contributed by atoms with Crippen molar-refractivity contribution in [1.29, 1.82) is 0 Å². The van der Waals surface area contributed by atoms with E-state index in [4.69, 9.17) is 23.2 Å². The Hall–Kier alpha value is -0.450. The highest BCUT2D eigenvalue weighted by molar-refractivity contribution is 9.10. The first kappa shape index (κ1) is 12.6. The molecule has 0 heterocycles. The number of carbonyl (C=O) groups excluding carboxylic acids is 1. The number of hydrogen-bond donors (Lipinski definition) is 1. The molecule has 0 bridgehead atoms. The van der Waals surface area contributed by atoms with Crippen LogP contribution in [0.15, 0.2) is 16.6 Å². The van der Waals surface area contributed by atoms with Gasteiger partial charge in [-0.2, -0.15) is 0 Å². The third-order valence-corrected chi connectivity index (χ3v) is 3.46. The molecule has 1 rings (SSSR count). The molecule has 0 unspecified atom stereocenters. The SMILES string of the molecule is COC(=O)CNc1ccc(Br)c(Cl)c1Cl. The molecule has 0 aliphatic rings. The topological polar surface area (TPSA) is 38.3 Å². The van der Waals surface area contributed by atoms with Gasteiger partial charge in [0.15, 0.2) is 0 Å². The maximum Gasteiger partial charge on any atom is 0.325 e. The Bertz CT molecular complexity index is 385. The minimum atomic E-state index is -0.370. The van der Waals surface area contributed by atoms with Crippen molar-refractivity contribution in [2.24, 2.45) is 0 Å². The molecule has 82 valence electrons. The largest absolute Gasteiger partial charge is 0.468 e. The minimum absolute atomic E-state index is 0.0498. The second-order valence-electron chi connectivity index (χ2n) is 2.65. The summed E-state index contributed by atoms with van der Waals surface area (Å²) in [5.74, 6) is -0.370. The van der Waals surface area contributed by atoms with E-state index < -0.39 is 0 Å². The van der Waals surface area contributed by atoms with Gasteiger partial charge in [-0.15, -0.1) is 0 Å². The van der Waals surface area contributed by atoms with Crippen LogP contribution in [0, 0.1) is 0 Å². The zero-order valence-electron chi connectivity index (χ0n) is 7.81. The second-order valence-corrected chi connectivity index (χ2v) is 4.26. The molecule has 0 spiro atoms. The quantitative estimate of drug-likeness (QED) is 0.687. The summed E-state index contributed by atoms with van der Waals surface area (Å²) in [4.78, 5) is 10.9. The van der Waals surface area contributed by atoms with Crippen LogP contribution in [-0.2, 0) is 9.53 Å². The Morgan fingerprint density at radius 1 is 1.47 bits per heavy atom. The lowest BCUT2D eigenvalue weighted by Crippen LogP contribution is -2.15. The van der Waals surface area contributed by atoms with Gasteiger partial charge in [0.25, 0.3) is 0 Å². The van der Waals surface area contributed by atoms with E-state index in [9.17, 15) is 4.79 Å². The molecular formula is C9H8BrCl2NO2. The van der Waals surface area contributed by atoms with E-state index in [1.807, 2.05) is 0 Å². The molecule has 0 saturated carbocycles. The van der Waals surface area contributed by atoms with Crippen molar-refractivity contribution in [1.82, 2.24) is 0 Å². The molecule has 0 amide bonds. The molecule has 6 heteroatoms. The van der Waals surface area contributed by atoms with E-state index in [0.717, 1.165) is 0 Å². The van der Waals surface area contributed by atoms with Crippen LogP contribution in [0.3, 0.4) is 0 Å². The van der Waals surface area contributed by atoms with Gasteiger partial charge < -0.3 is 10.1 Å². The Labute approximate surface area is 106 Å². The number of nitrogens with one attached hydrogen (secondary N) is 1. The molecule has 0 atom stereocenters. The van der Waals surface area contributed by atoms with Gasteiger partial charge in [-0.3, -0.25) is 4.79 Å². The number of rotatable bonds is 3. The number of anilines is 1. The summed E-state index contributed by atoms with van der Waals surface area (Å²) >= 11 is 15.1. The van der Waals surface area contributed by atoms with Crippen molar-refractivity contribution >= 4 is 50.8 Å². The first-order chi connectivity index (χ1) is 7.06. The van der Waals surface area contributed by atoms with Crippen molar-refractivity contribution in [3.63, 3.8) is 0 Å². The number of carbonyl (C=O) groups is 1. The van der Waals surface area contributed by atoms with Gasteiger partial charge in [0.1, 0.15) is 6.54 Å². The van der Waals surface area contributed by atoms with Gasteiger partial charge in [0.2, 0.25) is 0 Å². The lowest BCUT2D eigenvalue weighted by atomic mass is 10.3. The lowest BCUT2D eigenvalue weighted by Gasteiger charge is -2.09. The van der Waals surface area contributed by atoms with Crippen molar-refractivity contribution in [3.8, 4) is 0 Å². The van der Waals surface area contributed by atoms with Crippen molar-refractivity contribution < 1.29 is 9.53 Å². The van der Waals surface area contributed by atoms with Gasteiger partial charge in [-0.05, 0) is 28.1 Å². The molecule has 0 fully saturated rings. The minimum Gasteiger partial charge on any atom is -0.468 e. The van der Waals surface area contributed by atoms with Crippen LogP contribution in [0.1, 0.15) is 0 Å². The van der Waals surface area contributed by atoms with E-state index in [1.54, 1.807) is 12.1 Å². The van der Waals surface area contributed by atoms with Crippen LogP contribution in [0.5, 0.6) is 0 Å². The molecule has 0 aliphatic heterocycles. The van der Waals surface area contributed by atoms with Crippen molar-refractivity contribution in [3.05, 3.63) is 26.7 Å². The Morgan fingerprint density at radius 2 is 2.13 bits per heavy atom. The first-order valence-corrected chi connectivity index (χ1v) is 5.55. The molecule has 0 aliphatic carbocycles. The summed E-state index contributed by atoms with van der Waals surface area (Å²) in [6.07, 6.45) is 0. The van der Waals surface area contributed by atoms with E-state index in [2.05, 4.69) is 26.0 Å². The van der Waals surface area contributed by atoms with E-state index in [0.29, 0.717) is 20.2 Å². The molecule has 0 aromatic heterocycles. The Kier molecular flexibility index (Phi) is 4.70. The maximum atomic E-state index is 10.9. The molecular weight excluding hydrogens is 305 g/mol. The number of halogens is 3. The van der Waals surface area contributed by atoms with Crippen molar-refractivity contribution in [2.75, 3.05) is 19.0 Å². The van der Waals surface area contributed by atoms with Gasteiger partial charge in [-0.1, -0.05) is 23.2 Å². The summed E-state index contributed by atoms with van der Waals surface area (Å²) < 4.78 is 5.19. The third-order valence-electron chi connectivity index (χ3n) is 1.69. The number of hydrogen-bond acceptors (Lipinski definition) is 3. The molecule has 0 radical (unpaired) electrons. The normalized spacial score (nSPS) is 9.87. The van der Waals surface area contributed by atoms with E-state index in [-0.39, 0.29) is 12.5 Å². The van der Waals surface area contributed by atoms with Crippen LogP contribution < -0.4 is 5.32 Å². The number of methoxy groups -OCH3 is 1. The van der Waals surface area contributed by atoms with E-state index >= 15 is 0 Å². The predicted octanol–water partition coefficient (Wildman–Crippen LogP) is 3.34. The second kappa shape index (κ2) is 5.58. The lowest BCUT2D eigenvalue weighted by molar-refractivity contribution is -0.138. The highest BCUT2D eigenvalue weighted by atomic mass is 79.9. The van der Waals surface area contributed by atoms with Crippen molar-refractivity contribution in [2.45, 2.75) is 0 Å². The number of benzene rings is 1. The highest BCUT2D eigenvalue weighted by Gasteiger charge is 2.09. The van der Waals surface area contributed by atoms with Gasteiger partial charge in [0, 0.05) is 4.47 Å². The molecule has 3 nitrogen and oxygen atoms in total. The van der Waals surface area contributed by atoms with Gasteiger partial charge in [0.05, 0.1) is 22.8 Å². The zero-order valence-corrected chi connectivity index (χ0v) is 10.9. The average molecular weight is 313 g/mol. The van der Waals surface area contributed by atoms with E-state index in [1.165, 1.54) is 7.11 Å². The van der Waals surface area contributed by atoms with Crippen LogP contribution in [-0.4, -0.2) is 19.6 Å². The maximum absolute atomic E-state index is 10.9. The molecule has 1 aromatic carbocycles. The van der Waals surface area contributed by atoms with Gasteiger partial charge in [-0.25, -0.2) is 0 Å². The van der Waals surface area contributed by atoms with Crippen LogP contribution in [0.2, 0.25) is 10.0 Å². The summed E-state index contributed by atoms with van der Waals surface area (Å²) in [6, 6.07) is 3.47. The summed E-state index contributed by atoms with van der Waals surface area (Å²) in [7, 11) is 1.32. The third kappa shape index (κ3) is 3.26. The monoisotopic (exact) mass is 311 g/mol. The first-order valence-electron chi connectivity index (χ1n) is 4.00. The summed E-state index contributed by atoms with van der Waals surface area (Å²) in [5, 5.41) is 3.60. The Balaban J connectivity index is 2.78. The predicted molar refractivity (Wildman–Crippen MR) is 64.7 cm³/mol. The summed E-state index contributed by atoms with van der Waals surface area (Å²) in [5.41, 5.74) is 0.593. The zero-order chi connectivity index (χ0) is 11.4. The smallest absolute Gasteiger partial charge is 0.325 e. The highest BCUT2D eigenvalue weighted by Crippen LogP contribution is 2.35. The van der Waals surface area contributed by atoms with Gasteiger partial charge >= 0.3 is 5.97 Å². The van der Waals surface area contributed by atoms with Crippen LogP contribution >= 0.6 is 39.1 Å². The molecule has 0 saturated heterocycles. The standard InChI is InChI=1S/C9H8BrCl2NO2/c1-15-7(14)4-13-6-3-2-5(10)8(11)9(6)12/h2-3,13H,4H2,1H3.